The Kier molecular flexibility index (Phi) is 14.1. The van der Waals surface area contributed by atoms with E-state index in [2.05, 4.69) is 9.47 Å². The fourth-order valence-electron chi connectivity index (χ4n) is 0.953. The quantitative estimate of drug-likeness (QED) is 0.368. The number of alkyl halides is 18. The molecule has 0 bridgehead atoms. The van der Waals surface area contributed by atoms with Crippen LogP contribution in [0.25, 0.3) is 0 Å². The second-order valence-electron chi connectivity index (χ2n) is 5.08. The zero-order valence-corrected chi connectivity index (χ0v) is 15.1. The van der Waals surface area contributed by atoms with Crippen LogP contribution in [0.1, 0.15) is 0 Å². The van der Waals surface area contributed by atoms with Crippen LogP contribution in [-0.2, 0) is 9.47 Å². The first-order valence-electron chi connectivity index (χ1n) is 6.97. The Labute approximate surface area is 166 Å². The molecule has 0 spiro atoms. The van der Waals surface area contributed by atoms with Crippen molar-refractivity contribution in [2.75, 3.05) is 20.9 Å². The van der Waals surface area contributed by atoms with Crippen LogP contribution in [0, 0.1) is 0 Å². The number of halogens is 18. The molecule has 4 atom stereocenters. The summed E-state index contributed by atoms with van der Waals surface area (Å²) in [5.41, 5.74) is 0. The maximum Gasteiger partial charge on any atom is 0.425 e. The molecule has 0 aliphatic rings. The van der Waals surface area contributed by atoms with Gasteiger partial charge in [-0.05, 0) is 0 Å². The van der Waals surface area contributed by atoms with E-state index in [9.17, 15) is 79.0 Å². The van der Waals surface area contributed by atoms with Crippen molar-refractivity contribution in [3.63, 3.8) is 0 Å². The summed E-state index contributed by atoms with van der Waals surface area (Å²) in [6.07, 6.45) is -38.4. The Morgan fingerprint density at radius 2 is 0.750 bits per heavy atom. The molecule has 0 radical (unpaired) electrons. The molecule has 0 aliphatic carbocycles. The molecule has 0 fully saturated rings. The Balaban J connectivity index is -0.000000785. The Morgan fingerprint density at radius 3 is 0.875 bits per heavy atom. The van der Waals surface area contributed by atoms with Gasteiger partial charge in [0.05, 0.1) is 0 Å². The highest BCUT2D eigenvalue weighted by Gasteiger charge is 2.66. The first-order valence-corrected chi connectivity index (χ1v) is 6.97. The summed E-state index contributed by atoms with van der Waals surface area (Å²) in [6, 6.07) is 0. The van der Waals surface area contributed by atoms with Gasteiger partial charge in [-0.25, -0.2) is 22.0 Å². The summed E-state index contributed by atoms with van der Waals surface area (Å²) in [5, 5.41) is 0. The van der Waals surface area contributed by atoms with E-state index in [4.69, 9.17) is 0 Å². The Bertz CT molecular complexity index is 462. The predicted molar refractivity (Wildman–Crippen MR) is 67.6 cm³/mol. The molecule has 0 aromatic heterocycles. The van der Waals surface area contributed by atoms with Crippen molar-refractivity contribution in [3.8, 4) is 0 Å². The molecule has 198 valence electrons. The lowest BCUT2D eigenvalue weighted by atomic mass is 10.2. The lowest BCUT2D eigenvalue weighted by Crippen LogP contribution is -2.54. The smallest absolute Gasteiger partial charge is 0.388 e. The van der Waals surface area contributed by atoms with E-state index in [1.165, 1.54) is 0 Å². The van der Waals surface area contributed by atoms with Crippen molar-refractivity contribution in [2.24, 2.45) is 0 Å². The number of hydrogen-bond acceptors (Lipinski definition) is 2. The van der Waals surface area contributed by atoms with Crippen LogP contribution in [0.4, 0.5) is 79.0 Å². The van der Waals surface area contributed by atoms with Crippen molar-refractivity contribution < 1.29 is 88.5 Å². The third-order valence-corrected chi connectivity index (χ3v) is 2.25. The van der Waals surface area contributed by atoms with E-state index in [1.807, 2.05) is 0 Å². The Hall–Kier alpha value is -1.34. The van der Waals surface area contributed by atoms with Gasteiger partial charge in [0.1, 0.15) is 0 Å². The normalized spacial score (nSPS) is 17.2. The van der Waals surface area contributed by atoms with Gasteiger partial charge < -0.3 is 9.47 Å². The van der Waals surface area contributed by atoms with Crippen molar-refractivity contribution in [1.82, 2.24) is 0 Å². The molecule has 0 aliphatic heterocycles. The van der Waals surface area contributed by atoms with Crippen LogP contribution in [0.3, 0.4) is 0 Å². The highest BCUT2D eigenvalue weighted by molar-refractivity contribution is 4.89. The number of hydrogen-bond donors (Lipinski definition) is 0. The first-order chi connectivity index (χ1) is 13.8. The van der Waals surface area contributed by atoms with E-state index in [-0.39, 0.29) is 0 Å². The summed E-state index contributed by atoms with van der Waals surface area (Å²) in [4.78, 5) is 0. The second kappa shape index (κ2) is 12.8. The van der Waals surface area contributed by atoms with Crippen molar-refractivity contribution in [3.05, 3.63) is 0 Å². The van der Waals surface area contributed by atoms with Gasteiger partial charge >= 0.3 is 30.4 Å². The topological polar surface area (TPSA) is 18.5 Å². The van der Waals surface area contributed by atoms with E-state index in [0.29, 0.717) is 0 Å². The highest BCUT2D eigenvalue weighted by Crippen LogP contribution is 2.42. The van der Waals surface area contributed by atoms with Crippen LogP contribution in [0.5, 0.6) is 0 Å². The molecule has 2 nitrogen and oxygen atoms in total. The van der Waals surface area contributed by atoms with Crippen LogP contribution >= 0.6 is 0 Å². The maximum absolute atomic E-state index is 12.6. The van der Waals surface area contributed by atoms with Crippen LogP contribution in [0.2, 0.25) is 0 Å². The number of rotatable bonds is 6. The zero-order chi connectivity index (χ0) is 26.9. The maximum atomic E-state index is 12.6. The van der Waals surface area contributed by atoms with Crippen molar-refractivity contribution in [2.45, 2.75) is 55.4 Å². The van der Waals surface area contributed by atoms with Crippen molar-refractivity contribution >= 4 is 0 Å². The molecule has 0 amide bonds. The Morgan fingerprint density at radius 1 is 0.562 bits per heavy atom. The predicted octanol–water partition coefficient (Wildman–Crippen LogP) is 6.45. The van der Waals surface area contributed by atoms with E-state index >= 15 is 0 Å². The van der Waals surface area contributed by atoms with Crippen LogP contribution < -0.4 is 0 Å². The zero-order valence-electron chi connectivity index (χ0n) is 15.1. The molecule has 0 saturated carbocycles. The minimum Gasteiger partial charge on any atom is -0.388 e. The number of ether oxygens (including phenoxy) is 2. The molecule has 0 aromatic rings. The molecular formula is C12H12F18O2. The van der Waals surface area contributed by atoms with Gasteiger partial charge in [-0.1, -0.05) is 0 Å². The van der Waals surface area contributed by atoms with E-state index < -0.39 is 62.1 Å². The van der Waals surface area contributed by atoms with Gasteiger partial charge in [-0.3, -0.25) is 0 Å². The van der Waals surface area contributed by atoms with Crippen molar-refractivity contribution in [1.29, 1.82) is 0 Å². The average molecular weight is 530 g/mol. The molecule has 0 rings (SSSR count). The SMILES string of the molecule is COC.FC(OC(F)C(F)(F)C(F)C(F)(F)F)C(F)(F)C(F)C(F)(F)F.FCC(F)(F)F. The summed E-state index contributed by atoms with van der Waals surface area (Å²) in [6.45, 7) is -2.23. The van der Waals surface area contributed by atoms with E-state index in [0.717, 1.165) is 0 Å². The number of methoxy groups -OCH3 is 1. The molecule has 32 heavy (non-hydrogen) atoms. The molecule has 20 heteroatoms. The summed E-state index contributed by atoms with van der Waals surface area (Å²) < 4.78 is 218. The summed E-state index contributed by atoms with van der Waals surface area (Å²) >= 11 is 0. The van der Waals surface area contributed by atoms with Crippen LogP contribution in [0.15, 0.2) is 0 Å². The third-order valence-electron chi connectivity index (χ3n) is 2.25. The average Bonchev–Trinajstić information content (AvgIpc) is 2.59. The first kappa shape index (κ1) is 35.3. The van der Waals surface area contributed by atoms with Crippen LogP contribution in [-0.4, -0.2) is 76.3 Å². The summed E-state index contributed by atoms with van der Waals surface area (Å²) in [7, 11) is 3.25. The molecule has 0 saturated heterocycles. The second-order valence-corrected chi connectivity index (χ2v) is 5.08. The standard InChI is InChI=1S/C8H4F14O.C2H2F4.C2H6O/c9-1(7(17,18)19)5(13,14)3(11)23-4(12)6(15,16)2(10)8(20,21)22;3-1-2(4,5)6;1-3-2/h1-4H;1H2;1-2H3. The lowest BCUT2D eigenvalue weighted by molar-refractivity contribution is -0.348. The largest absolute Gasteiger partial charge is 0.425 e. The summed E-state index contributed by atoms with van der Waals surface area (Å²) in [5.74, 6) is -12.6. The third kappa shape index (κ3) is 12.6. The lowest BCUT2D eigenvalue weighted by Gasteiger charge is -2.29. The molecule has 4 unspecified atom stereocenters. The van der Waals surface area contributed by atoms with Gasteiger partial charge in [-0.2, -0.15) is 57.1 Å². The molecule has 0 aromatic carbocycles. The van der Waals surface area contributed by atoms with Gasteiger partial charge in [0.25, 0.3) is 25.1 Å². The van der Waals surface area contributed by atoms with Gasteiger partial charge in [0.15, 0.2) is 6.67 Å². The van der Waals surface area contributed by atoms with E-state index in [1.54, 1.807) is 14.2 Å². The van der Waals surface area contributed by atoms with Gasteiger partial charge in [-0.15, -0.1) is 0 Å². The molecule has 0 N–H and O–H groups in total. The minimum absolute atomic E-state index is 1.62. The minimum atomic E-state index is -6.43. The highest BCUT2D eigenvalue weighted by atomic mass is 19.4. The molecular weight excluding hydrogens is 518 g/mol. The fourth-order valence-corrected chi connectivity index (χ4v) is 0.953. The fraction of sp³-hybridized carbons (Fsp3) is 1.00. The van der Waals surface area contributed by atoms with Gasteiger partial charge in [0.2, 0.25) is 0 Å². The molecule has 0 heterocycles. The monoisotopic (exact) mass is 530 g/mol. The van der Waals surface area contributed by atoms with Gasteiger partial charge in [0, 0.05) is 14.2 Å².